The van der Waals surface area contributed by atoms with Crippen LogP contribution >= 0.6 is 0 Å². The van der Waals surface area contributed by atoms with Gasteiger partial charge in [-0.05, 0) is 5.53 Å². The molecule has 0 radical (unpaired) electrons. The summed E-state index contributed by atoms with van der Waals surface area (Å²) in [5.41, 5.74) is 7.52. The van der Waals surface area contributed by atoms with E-state index >= 15 is 0 Å². The summed E-state index contributed by atoms with van der Waals surface area (Å²) in [6.07, 6.45) is 0. The van der Waals surface area contributed by atoms with Crippen LogP contribution < -0.4 is 5.14 Å². The Labute approximate surface area is 55.8 Å². The maximum absolute atomic E-state index is 10.1. The molecule has 8 nitrogen and oxygen atoms in total. The van der Waals surface area contributed by atoms with Gasteiger partial charge < -0.3 is 0 Å². The van der Waals surface area contributed by atoms with Crippen LogP contribution in [0.15, 0.2) is 4.52 Å². The van der Waals surface area contributed by atoms with E-state index in [1.807, 2.05) is 4.52 Å². The molecule has 0 aromatic heterocycles. The Bertz CT molecular complexity index is 352. The Kier molecular flexibility index (Phi) is 2.22. The van der Waals surface area contributed by atoms with E-state index in [0.717, 1.165) is 0 Å². The van der Waals surface area contributed by atoms with Gasteiger partial charge in [0.05, 0.1) is 0 Å². The minimum atomic E-state index is -4.89. The molecule has 0 amide bonds. The maximum Gasteiger partial charge on any atom is 0.354 e. The second-order valence-corrected chi connectivity index (χ2v) is 5.75. The van der Waals surface area contributed by atoms with Gasteiger partial charge in [0, 0.05) is 9.43 Å². The molecular weight excluding hydrogens is 184 g/mol. The second-order valence-electron chi connectivity index (χ2n) is 1.09. The van der Waals surface area contributed by atoms with E-state index in [1.54, 1.807) is 4.91 Å². The van der Waals surface area contributed by atoms with Gasteiger partial charge >= 0.3 is 18.1 Å². The van der Waals surface area contributed by atoms with Crippen LogP contribution in [-0.4, -0.2) is 16.8 Å². The van der Waals surface area contributed by atoms with E-state index in [4.69, 9.17) is 5.53 Å². The maximum atomic E-state index is 10.1. The molecule has 0 spiro atoms. The van der Waals surface area contributed by atoms with Crippen molar-refractivity contribution in [2.45, 2.75) is 0 Å². The van der Waals surface area contributed by atoms with Gasteiger partial charge in [-0.25, -0.2) is 13.6 Å². The number of azide groups is 1. The Morgan fingerprint density at radius 2 is 1.70 bits per heavy atom. The SMILES string of the molecule is [N-]=[N+]=NS(=O)(=O)S(N)(=O)=O. The van der Waals surface area contributed by atoms with Gasteiger partial charge in [-0.1, -0.05) is 0 Å². The highest BCUT2D eigenvalue weighted by Crippen LogP contribution is 1.97. The van der Waals surface area contributed by atoms with E-state index in [1.165, 1.54) is 0 Å². The van der Waals surface area contributed by atoms with Crippen LogP contribution in [0.2, 0.25) is 0 Å². The minimum Gasteiger partial charge on any atom is -0.215 e. The Balaban J connectivity index is 5.42. The zero-order valence-electron chi connectivity index (χ0n) is 4.37. The summed E-state index contributed by atoms with van der Waals surface area (Å²) in [7, 11) is -9.70. The van der Waals surface area contributed by atoms with Gasteiger partial charge in [0.2, 0.25) is 0 Å². The lowest BCUT2D eigenvalue weighted by atomic mass is 13.0. The van der Waals surface area contributed by atoms with E-state index in [2.05, 4.69) is 5.14 Å². The van der Waals surface area contributed by atoms with Crippen LogP contribution in [-0.2, 0) is 18.1 Å². The van der Waals surface area contributed by atoms with Gasteiger partial charge in [-0.2, -0.15) is 8.42 Å². The van der Waals surface area contributed by atoms with Crippen molar-refractivity contribution < 1.29 is 16.8 Å². The molecule has 0 unspecified atom stereocenters. The van der Waals surface area contributed by atoms with Crippen LogP contribution in [0.5, 0.6) is 0 Å². The first-order valence-electron chi connectivity index (χ1n) is 1.65. The van der Waals surface area contributed by atoms with Gasteiger partial charge in [-0.15, -0.1) is 0 Å². The molecule has 0 bridgehead atoms. The summed E-state index contributed by atoms with van der Waals surface area (Å²) in [6.45, 7) is 0. The fourth-order valence-corrected chi connectivity index (χ4v) is 0.642. The third kappa shape index (κ3) is 1.84. The van der Waals surface area contributed by atoms with E-state index in [0.29, 0.717) is 0 Å². The van der Waals surface area contributed by atoms with Gasteiger partial charge in [0.15, 0.2) is 0 Å². The van der Waals surface area contributed by atoms with Crippen LogP contribution in [0, 0.1) is 0 Å². The van der Waals surface area contributed by atoms with Gasteiger partial charge in [0.1, 0.15) is 0 Å². The zero-order chi connectivity index (χ0) is 8.41. The van der Waals surface area contributed by atoms with Crippen LogP contribution in [0.3, 0.4) is 0 Å². The van der Waals surface area contributed by atoms with Crippen LogP contribution in [0.25, 0.3) is 10.4 Å². The molecule has 0 aliphatic heterocycles. The van der Waals surface area contributed by atoms with Crippen molar-refractivity contribution in [3.63, 3.8) is 0 Å². The van der Waals surface area contributed by atoms with Crippen molar-refractivity contribution in [2.75, 3.05) is 0 Å². The summed E-state index contributed by atoms with van der Waals surface area (Å²) in [4.78, 5) is 1.75. The molecule has 10 heteroatoms. The fraction of sp³-hybridized carbons (Fsp3) is 0. The third-order valence-electron chi connectivity index (χ3n) is 0.430. The largest absolute Gasteiger partial charge is 0.354 e. The number of nitrogens with two attached hydrogens (primary N) is 1. The molecule has 0 aliphatic carbocycles. The minimum absolute atomic E-state index is 1.75. The molecule has 0 fully saturated rings. The lowest BCUT2D eigenvalue weighted by molar-refractivity contribution is 0.584. The topological polar surface area (TPSA) is 143 Å². The van der Waals surface area contributed by atoms with E-state index in [9.17, 15) is 16.8 Å². The van der Waals surface area contributed by atoms with Crippen LogP contribution in [0.1, 0.15) is 0 Å². The van der Waals surface area contributed by atoms with Crippen molar-refractivity contribution in [1.29, 1.82) is 0 Å². The highest BCUT2D eigenvalue weighted by Gasteiger charge is 2.22. The normalized spacial score (nSPS) is 12.1. The fourth-order valence-electron chi connectivity index (χ4n) is 0.0912. The molecule has 0 aromatic rings. The lowest BCUT2D eigenvalue weighted by Crippen LogP contribution is -2.20. The predicted molar refractivity (Wildman–Crippen MR) is 31.2 cm³/mol. The first-order chi connectivity index (χ1) is 4.31. The molecule has 58 valence electrons. The van der Waals surface area contributed by atoms with Crippen molar-refractivity contribution in [3.05, 3.63) is 10.4 Å². The summed E-state index contributed by atoms with van der Waals surface area (Å²) in [5, 5.41) is 4.12. The summed E-state index contributed by atoms with van der Waals surface area (Å²) in [5.74, 6) is 0. The zero-order valence-corrected chi connectivity index (χ0v) is 6.00. The summed E-state index contributed by atoms with van der Waals surface area (Å²) in [6, 6.07) is 0. The third-order valence-corrected chi connectivity index (χ3v) is 3.25. The average molecular weight is 186 g/mol. The van der Waals surface area contributed by atoms with Crippen LogP contribution in [0.4, 0.5) is 0 Å². The molecule has 0 atom stereocenters. The molecule has 0 aromatic carbocycles. The van der Waals surface area contributed by atoms with E-state index in [-0.39, 0.29) is 0 Å². The number of hydrogen-bond donors (Lipinski definition) is 1. The average Bonchev–Trinajstić information content (AvgIpc) is 1.61. The number of nitrogens with zero attached hydrogens (tertiary/aromatic N) is 3. The monoisotopic (exact) mass is 186 g/mol. The quantitative estimate of drug-likeness (QED) is 0.250. The van der Waals surface area contributed by atoms with E-state index < -0.39 is 18.1 Å². The molecule has 10 heavy (non-hydrogen) atoms. The molecule has 0 saturated carbocycles. The summed E-state index contributed by atoms with van der Waals surface area (Å²) >= 11 is 0. The van der Waals surface area contributed by atoms with Crippen molar-refractivity contribution in [2.24, 2.45) is 9.66 Å². The predicted octanol–water partition coefficient (Wildman–Crippen LogP) is -1.17. The Morgan fingerprint density at radius 3 is 1.80 bits per heavy atom. The second kappa shape index (κ2) is 2.42. The Hall–Kier alpha value is -0.830. The molecule has 2 N–H and O–H groups in total. The molecule has 0 rings (SSSR count). The van der Waals surface area contributed by atoms with Crippen molar-refractivity contribution in [3.8, 4) is 0 Å². The first-order valence-corrected chi connectivity index (χ1v) is 5.15. The molecular formula is H2N4O4S2. The Morgan fingerprint density at radius 1 is 1.30 bits per heavy atom. The standard InChI is InChI=1S/H2N4O4S2/c1-3-4-10(7,8)9(2,5)6/h(H2,2,5,6). The molecule has 0 saturated heterocycles. The molecule has 0 aliphatic rings. The highest BCUT2D eigenvalue weighted by atomic mass is 33.2. The summed E-state index contributed by atoms with van der Waals surface area (Å²) < 4.78 is 42.1. The lowest BCUT2D eigenvalue weighted by Gasteiger charge is -1.87. The van der Waals surface area contributed by atoms with Gasteiger partial charge in [0.25, 0.3) is 0 Å². The van der Waals surface area contributed by atoms with Gasteiger partial charge in [-0.3, -0.25) is 0 Å². The highest BCUT2D eigenvalue weighted by molar-refractivity contribution is 8.65. The number of rotatable bonds is 2. The molecule has 0 heterocycles. The smallest absolute Gasteiger partial charge is 0.215 e. The number of hydrogen-bond acceptors (Lipinski definition) is 4. The van der Waals surface area contributed by atoms with Crippen molar-refractivity contribution >= 4 is 18.1 Å². The first kappa shape index (κ1) is 9.17. The van der Waals surface area contributed by atoms with Crippen molar-refractivity contribution in [1.82, 2.24) is 0 Å².